The molecule has 0 bridgehead atoms. The van der Waals surface area contributed by atoms with Crippen LogP contribution < -0.4 is 25.5 Å². The second-order valence-electron chi connectivity index (χ2n) is 2.62. The zero-order valence-electron chi connectivity index (χ0n) is 13.5. The molecule has 0 rings (SSSR count). The SMILES string of the molecule is C=CC(=O)[O-].C=CC(=O)[O-].C=CC(=O)[O-].C=CC(=O)[O-].C=CC(=O)[O-].[V+5]. The number of carboxylic acids is 5. The Morgan fingerprint density at radius 2 is 0.462 bits per heavy atom. The molecule has 0 aliphatic carbocycles. The molecule has 10 nitrogen and oxygen atoms in total. The van der Waals surface area contributed by atoms with Crippen LogP contribution in [0.5, 0.6) is 0 Å². The van der Waals surface area contributed by atoms with E-state index in [1.807, 2.05) is 0 Å². The van der Waals surface area contributed by atoms with Crippen LogP contribution in [0.3, 0.4) is 0 Å². The van der Waals surface area contributed by atoms with Gasteiger partial charge >= 0.3 is 18.6 Å². The van der Waals surface area contributed by atoms with Crippen LogP contribution in [0.4, 0.5) is 0 Å². The molecule has 26 heavy (non-hydrogen) atoms. The zero-order chi connectivity index (χ0) is 21.4. The van der Waals surface area contributed by atoms with Crippen molar-refractivity contribution in [3.05, 3.63) is 63.3 Å². The van der Waals surface area contributed by atoms with Crippen molar-refractivity contribution in [2.75, 3.05) is 0 Å². The summed E-state index contributed by atoms with van der Waals surface area (Å²) in [4.78, 5) is 45.7. The van der Waals surface area contributed by atoms with Crippen molar-refractivity contribution < 1.29 is 68.1 Å². The topological polar surface area (TPSA) is 201 Å². The molecule has 0 radical (unpaired) electrons. The van der Waals surface area contributed by atoms with Gasteiger partial charge in [0.1, 0.15) is 0 Å². The molecule has 140 valence electrons. The zero-order valence-corrected chi connectivity index (χ0v) is 14.8. The summed E-state index contributed by atoms with van der Waals surface area (Å²) in [5.41, 5.74) is 0. The monoisotopic (exact) mass is 406 g/mol. The summed E-state index contributed by atoms with van der Waals surface area (Å²) in [5, 5.41) is 45.7. The van der Waals surface area contributed by atoms with Crippen molar-refractivity contribution in [2.24, 2.45) is 0 Å². The molecule has 0 aliphatic heterocycles. The standard InChI is InChI=1S/5C3H4O2.V/c5*1-2-3(4)5;/h5*2H,1H2,(H,4,5);/q;;;;;+5/p-5. The molecule has 0 atom stereocenters. The van der Waals surface area contributed by atoms with E-state index in [9.17, 15) is 0 Å². The van der Waals surface area contributed by atoms with E-state index in [0.29, 0.717) is 0 Å². The molecule has 0 heterocycles. The van der Waals surface area contributed by atoms with Gasteiger partial charge in [-0.1, -0.05) is 32.9 Å². The predicted molar refractivity (Wildman–Crippen MR) is 76.0 cm³/mol. The maximum Gasteiger partial charge on any atom is 5.00 e. The molecule has 0 N–H and O–H groups in total. The van der Waals surface area contributed by atoms with Gasteiger partial charge in [-0.2, -0.15) is 0 Å². The van der Waals surface area contributed by atoms with E-state index in [0.717, 1.165) is 30.4 Å². The molecule has 11 heteroatoms. The molecule has 0 aliphatic rings. The van der Waals surface area contributed by atoms with Gasteiger partial charge < -0.3 is 49.5 Å². The third-order valence-corrected chi connectivity index (χ3v) is 0.833. The largest absolute Gasteiger partial charge is 5.00 e. The maximum absolute atomic E-state index is 9.14. The van der Waals surface area contributed by atoms with Crippen LogP contribution in [0.25, 0.3) is 0 Å². The third-order valence-electron chi connectivity index (χ3n) is 0.833. The molecule has 0 spiro atoms. The van der Waals surface area contributed by atoms with Crippen LogP contribution >= 0.6 is 0 Å². The van der Waals surface area contributed by atoms with Crippen molar-refractivity contribution in [3.8, 4) is 0 Å². The number of hydrogen-bond acceptors (Lipinski definition) is 10. The summed E-state index contributed by atoms with van der Waals surface area (Å²) in [7, 11) is 0. The van der Waals surface area contributed by atoms with Crippen molar-refractivity contribution >= 4 is 29.8 Å². The third kappa shape index (κ3) is 181. The quantitative estimate of drug-likeness (QED) is 0.397. The van der Waals surface area contributed by atoms with Crippen LogP contribution in [-0.4, -0.2) is 29.8 Å². The Bertz CT molecular complexity index is 390. The first-order valence-electron chi connectivity index (χ1n) is 5.53. The fraction of sp³-hybridized carbons (Fsp3) is 0. The normalized spacial score (nSPS) is 6.15. The van der Waals surface area contributed by atoms with Crippen LogP contribution in [0.2, 0.25) is 0 Å². The Morgan fingerprint density at radius 1 is 0.423 bits per heavy atom. The van der Waals surface area contributed by atoms with Gasteiger partial charge in [0, 0.05) is 0 Å². The molecule has 0 amide bonds. The molecule has 0 unspecified atom stereocenters. The Balaban J connectivity index is -0.0000000476. The van der Waals surface area contributed by atoms with Crippen molar-refractivity contribution in [2.45, 2.75) is 0 Å². The minimum atomic E-state index is -1.23. The number of carboxylic acid groups (broad SMARTS) is 5. The molecular weight excluding hydrogens is 391 g/mol. The van der Waals surface area contributed by atoms with Gasteiger partial charge in [-0.3, -0.25) is 0 Å². The molecule has 0 saturated carbocycles. The second-order valence-corrected chi connectivity index (χ2v) is 2.62. The van der Waals surface area contributed by atoms with Gasteiger partial charge in [0.2, 0.25) is 0 Å². The first kappa shape index (κ1) is 38.3. The first-order valence-corrected chi connectivity index (χ1v) is 5.53. The summed E-state index contributed by atoms with van der Waals surface area (Å²) >= 11 is 0. The predicted octanol–water partition coefficient (Wildman–Crippen LogP) is -5.39. The second kappa shape index (κ2) is 33.3. The van der Waals surface area contributed by atoms with Crippen LogP contribution in [0.15, 0.2) is 63.3 Å². The van der Waals surface area contributed by atoms with Crippen LogP contribution in [-0.2, 0) is 42.5 Å². The van der Waals surface area contributed by atoms with Gasteiger partial charge in [0.05, 0.1) is 29.8 Å². The average molecular weight is 406 g/mol. The van der Waals surface area contributed by atoms with Gasteiger partial charge in [-0.05, 0) is 30.4 Å². The Kier molecular flexibility index (Phi) is 49.0. The Morgan fingerprint density at radius 3 is 0.462 bits per heavy atom. The van der Waals surface area contributed by atoms with Crippen molar-refractivity contribution in [1.82, 2.24) is 0 Å². The molecule has 0 aromatic heterocycles. The van der Waals surface area contributed by atoms with E-state index in [-0.39, 0.29) is 18.6 Å². The van der Waals surface area contributed by atoms with E-state index in [1.165, 1.54) is 0 Å². The average Bonchev–Trinajstić information content (AvgIpc) is 2.56. The smallest absolute Gasteiger partial charge is 0.545 e. The van der Waals surface area contributed by atoms with Gasteiger partial charge in [0.15, 0.2) is 0 Å². The number of rotatable bonds is 5. The van der Waals surface area contributed by atoms with Gasteiger partial charge in [0.25, 0.3) is 0 Å². The minimum Gasteiger partial charge on any atom is -0.545 e. The number of carbonyl (C=O) groups is 5. The summed E-state index contributed by atoms with van der Waals surface area (Å²) in [5.74, 6) is -6.16. The van der Waals surface area contributed by atoms with Crippen LogP contribution in [0.1, 0.15) is 0 Å². The summed E-state index contributed by atoms with van der Waals surface area (Å²) < 4.78 is 0. The fourth-order valence-electron chi connectivity index (χ4n) is 0. The molecule has 0 aromatic carbocycles. The van der Waals surface area contributed by atoms with E-state index in [4.69, 9.17) is 49.5 Å². The van der Waals surface area contributed by atoms with E-state index < -0.39 is 29.8 Å². The summed E-state index contributed by atoms with van der Waals surface area (Å²) in [6.45, 7) is 14.5. The van der Waals surface area contributed by atoms with Gasteiger partial charge in [-0.15, -0.1) is 0 Å². The number of aliphatic carboxylic acids is 5. The van der Waals surface area contributed by atoms with Crippen LogP contribution in [0, 0.1) is 0 Å². The van der Waals surface area contributed by atoms with Crippen molar-refractivity contribution in [1.29, 1.82) is 0 Å². The number of hydrogen-bond donors (Lipinski definition) is 0. The minimum absolute atomic E-state index is 0. The van der Waals surface area contributed by atoms with E-state index >= 15 is 0 Å². The van der Waals surface area contributed by atoms with Crippen molar-refractivity contribution in [3.63, 3.8) is 0 Å². The molecular formula is C15H15O10V. The fourth-order valence-corrected chi connectivity index (χ4v) is 0. The van der Waals surface area contributed by atoms with E-state index in [1.54, 1.807) is 0 Å². The molecule has 0 fully saturated rings. The Hall–Kier alpha value is -3.37. The maximum atomic E-state index is 9.14. The van der Waals surface area contributed by atoms with E-state index in [2.05, 4.69) is 32.9 Å². The summed E-state index contributed by atoms with van der Waals surface area (Å²) in [6, 6.07) is 0. The molecule has 0 saturated heterocycles. The van der Waals surface area contributed by atoms with Gasteiger partial charge in [-0.25, -0.2) is 0 Å². The summed E-state index contributed by atoms with van der Waals surface area (Å²) in [6.07, 6.45) is 3.61. The molecule has 0 aromatic rings. The number of carbonyl (C=O) groups excluding carboxylic acids is 5. The Labute approximate surface area is 161 Å². The first-order chi connectivity index (χ1) is 11.4.